The lowest BCUT2D eigenvalue weighted by Crippen LogP contribution is -2.47. The number of nitrogens with zero attached hydrogens (tertiary/aromatic N) is 4. The molecule has 1 aliphatic carbocycles. The van der Waals surface area contributed by atoms with E-state index in [1.54, 1.807) is 55.6 Å². The second-order valence-corrected chi connectivity index (χ2v) is 7.48. The largest absolute Gasteiger partial charge is 0.497 e. The molecule has 0 spiro atoms. The summed E-state index contributed by atoms with van der Waals surface area (Å²) in [6.07, 6.45) is 1.43. The first kappa shape index (κ1) is 21.2. The van der Waals surface area contributed by atoms with Gasteiger partial charge in [0.15, 0.2) is 5.78 Å². The van der Waals surface area contributed by atoms with E-state index in [0.29, 0.717) is 28.1 Å². The van der Waals surface area contributed by atoms with Gasteiger partial charge in [-0.2, -0.15) is 10.2 Å². The van der Waals surface area contributed by atoms with Gasteiger partial charge in [0.25, 0.3) is 5.91 Å². The molecule has 3 N–H and O–H groups in total. The minimum Gasteiger partial charge on any atom is -0.497 e. The van der Waals surface area contributed by atoms with Gasteiger partial charge in [-0.05, 0) is 48.0 Å². The van der Waals surface area contributed by atoms with Crippen molar-refractivity contribution in [2.24, 2.45) is 16.1 Å². The molecule has 0 saturated heterocycles. The van der Waals surface area contributed by atoms with Gasteiger partial charge in [-0.1, -0.05) is 18.2 Å². The fraction of sp³-hybridized carbons (Fsp3) is 0.0833. The number of carbonyl (C=O) groups is 3. The number of aromatic nitrogens is 1. The second-order valence-electron chi connectivity index (χ2n) is 7.48. The number of urea groups is 1. The number of hydrogen-bond acceptors (Lipinski definition) is 8. The van der Waals surface area contributed by atoms with Gasteiger partial charge in [0.2, 0.25) is 0 Å². The third-order valence-electron chi connectivity index (χ3n) is 5.66. The summed E-state index contributed by atoms with van der Waals surface area (Å²) in [6.45, 7) is 0. The molecule has 3 aromatic rings. The number of rotatable bonds is 4. The molecule has 10 heteroatoms. The highest BCUT2D eigenvalue weighted by atomic mass is 16.5. The van der Waals surface area contributed by atoms with Crippen molar-refractivity contribution in [3.05, 3.63) is 94.8 Å². The zero-order valence-corrected chi connectivity index (χ0v) is 17.9. The minimum absolute atomic E-state index is 0.0205. The van der Waals surface area contributed by atoms with Gasteiger partial charge in [-0.15, -0.1) is 0 Å². The summed E-state index contributed by atoms with van der Waals surface area (Å²) in [5.74, 6) is 4.94. The number of carbonyl (C=O) groups excluding carboxylic acids is 3. The number of hydrogen-bond donors (Lipinski definition) is 2. The molecule has 2 heterocycles. The zero-order chi connectivity index (χ0) is 23.8. The molecule has 1 aliphatic heterocycles. The quantitative estimate of drug-likeness (QED) is 0.352. The van der Waals surface area contributed by atoms with E-state index in [2.05, 4.69) is 15.2 Å². The van der Waals surface area contributed by atoms with Crippen molar-refractivity contribution in [1.82, 2.24) is 10.4 Å². The summed E-state index contributed by atoms with van der Waals surface area (Å²) < 4.78 is 5.20. The maximum atomic E-state index is 13.7. The van der Waals surface area contributed by atoms with Gasteiger partial charge in [0, 0.05) is 11.8 Å². The summed E-state index contributed by atoms with van der Waals surface area (Å²) in [4.78, 5) is 44.4. The van der Waals surface area contributed by atoms with Crippen molar-refractivity contribution in [2.75, 3.05) is 12.0 Å². The molecule has 10 nitrogen and oxygen atoms in total. The number of ether oxygens (including phenoxy) is 1. The second kappa shape index (κ2) is 8.34. The van der Waals surface area contributed by atoms with Gasteiger partial charge in [0.1, 0.15) is 23.2 Å². The number of fused-ring (bicyclic) bond motifs is 3. The molecule has 1 unspecified atom stereocenters. The molecule has 0 bridgehead atoms. The van der Waals surface area contributed by atoms with E-state index in [9.17, 15) is 14.4 Å². The maximum Gasteiger partial charge on any atom is 0.343 e. The monoisotopic (exact) mass is 454 g/mol. The number of pyridine rings is 1. The molecule has 0 radical (unpaired) electrons. The Balaban J connectivity index is 1.63. The van der Waals surface area contributed by atoms with Crippen LogP contribution in [0.4, 0.5) is 10.5 Å². The first-order chi connectivity index (χ1) is 16.5. The highest BCUT2D eigenvalue weighted by Gasteiger charge is 2.44. The van der Waals surface area contributed by atoms with E-state index in [0.717, 1.165) is 4.90 Å². The van der Waals surface area contributed by atoms with E-state index >= 15 is 0 Å². The van der Waals surface area contributed by atoms with Crippen LogP contribution in [0.15, 0.2) is 82.7 Å². The Bertz CT molecular complexity index is 1380. The van der Waals surface area contributed by atoms with Crippen LogP contribution in [0.25, 0.3) is 5.70 Å². The Kier molecular flexibility index (Phi) is 5.19. The van der Waals surface area contributed by atoms with Crippen LogP contribution in [0, 0.1) is 0 Å². The van der Waals surface area contributed by atoms with Gasteiger partial charge in [0.05, 0.1) is 23.9 Å². The molecule has 168 valence electrons. The summed E-state index contributed by atoms with van der Waals surface area (Å²) in [6, 6.07) is 15.2. The molecular weight excluding hydrogens is 436 g/mol. The van der Waals surface area contributed by atoms with Crippen molar-refractivity contribution in [3.8, 4) is 5.75 Å². The topological polar surface area (TPSA) is 139 Å². The van der Waals surface area contributed by atoms with E-state index in [4.69, 9.17) is 10.6 Å². The normalized spacial score (nSPS) is 15.7. The Morgan fingerprint density at radius 1 is 1.06 bits per heavy atom. The van der Waals surface area contributed by atoms with Gasteiger partial charge < -0.3 is 4.74 Å². The van der Waals surface area contributed by atoms with Crippen molar-refractivity contribution in [3.63, 3.8) is 0 Å². The Morgan fingerprint density at radius 3 is 2.53 bits per heavy atom. The molecule has 34 heavy (non-hydrogen) atoms. The maximum absolute atomic E-state index is 13.7. The van der Waals surface area contributed by atoms with Crippen LogP contribution in [0.1, 0.15) is 38.0 Å². The standard InChI is InChI=1S/C24H18N6O4/c1-34-14-10-8-13(9-11-14)20-19-21(29-28-20)15-5-4-7-17(18(15)22(19)31)30(24(33)27-25)23(32)16-6-2-3-12-26-16/h2-12,21H,25H2,1H3,(H,27,33). The van der Waals surface area contributed by atoms with E-state index in [1.807, 2.05) is 5.43 Å². The number of hydrazine groups is 1. The van der Waals surface area contributed by atoms with Crippen molar-refractivity contribution in [1.29, 1.82) is 0 Å². The lowest BCUT2D eigenvalue weighted by Gasteiger charge is -2.22. The number of nitrogens with two attached hydrogens (primary N) is 1. The van der Waals surface area contributed by atoms with Crippen molar-refractivity contribution < 1.29 is 19.1 Å². The predicted octanol–water partition coefficient (Wildman–Crippen LogP) is 3.43. The lowest BCUT2D eigenvalue weighted by molar-refractivity contribution is 0.0989. The number of anilines is 1. The average molecular weight is 454 g/mol. The predicted molar refractivity (Wildman–Crippen MR) is 122 cm³/mol. The van der Waals surface area contributed by atoms with Crippen LogP contribution < -0.4 is 20.9 Å². The van der Waals surface area contributed by atoms with Crippen LogP contribution in [0.2, 0.25) is 0 Å². The minimum atomic E-state index is -0.903. The molecule has 0 saturated carbocycles. The SMILES string of the molecule is COc1ccc(C2=C3C(=O)c4c(cccc4N(C(=O)NN)C(=O)c4ccccn4)C3N=N2)cc1. The smallest absolute Gasteiger partial charge is 0.343 e. The van der Waals surface area contributed by atoms with E-state index in [-0.39, 0.29) is 22.7 Å². The van der Waals surface area contributed by atoms with Gasteiger partial charge in [-0.3, -0.25) is 20.0 Å². The number of Topliss-reactive ketones (excluding diaryl/α,β-unsaturated/α-hetero) is 1. The van der Waals surface area contributed by atoms with Crippen molar-refractivity contribution in [2.45, 2.75) is 6.04 Å². The highest BCUT2D eigenvalue weighted by Crippen LogP contribution is 2.49. The Morgan fingerprint density at radius 2 is 1.85 bits per heavy atom. The van der Waals surface area contributed by atoms with Gasteiger partial charge >= 0.3 is 6.03 Å². The highest BCUT2D eigenvalue weighted by molar-refractivity contribution is 6.27. The third kappa shape index (κ3) is 3.24. The van der Waals surface area contributed by atoms with Gasteiger partial charge in [-0.25, -0.2) is 15.5 Å². The lowest BCUT2D eigenvalue weighted by atomic mass is 10.0. The summed E-state index contributed by atoms with van der Waals surface area (Å²) in [7, 11) is 1.57. The number of imide groups is 1. The molecular formula is C24H18N6O4. The van der Waals surface area contributed by atoms with Crippen LogP contribution in [-0.2, 0) is 0 Å². The molecule has 2 aromatic carbocycles. The molecule has 1 aromatic heterocycles. The van der Waals surface area contributed by atoms with E-state index < -0.39 is 18.0 Å². The Hall–Kier alpha value is -4.70. The number of benzene rings is 2. The fourth-order valence-electron chi connectivity index (χ4n) is 4.10. The first-order valence-corrected chi connectivity index (χ1v) is 10.3. The number of nitrogens with one attached hydrogen (secondary N) is 1. The first-order valence-electron chi connectivity index (χ1n) is 10.3. The van der Waals surface area contributed by atoms with Crippen LogP contribution >= 0.6 is 0 Å². The summed E-state index contributed by atoms with van der Waals surface area (Å²) in [5, 5.41) is 8.57. The molecule has 1 atom stereocenters. The number of azo groups is 1. The third-order valence-corrected chi connectivity index (χ3v) is 5.66. The molecule has 5 rings (SSSR count). The van der Waals surface area contributed by atoms with E-state index in [1.165, 1.54) is 18.3 Å². The zero-order valence-electron chi connectivity index (χ0n) is 17.9. The van der Waals surface area contributed by atoms with Crippen molar-refractivity contribution >= 4 is 29.1 Å². The number of methoxy groups -OCH3 is 1. The molecule has 0 fully saturated rings. The Labute approximate surface area is 193 Å². The number of ketones is 1. The van der Waals surface area contributed by atoms with Crippen LogP contribution in [0.5, 0.6) is 5.75 Å². The molecule has 2 aliphatic rings. The van der Waals surface area contributed by atoms with Crippen LogP contribution in [-0.4, -0.2) is 29.8 Å². The fourth-order valence-corrected chi connectivity index (χ4v) is 4.10. The molecule has 3 amide bonds. The average Bonchev–Trinajstić information content (AvgIpc) is 3.44. The van der Waals surface area contributed by atoms with Crippen LogP contribution in [0.3, 0.4) is 0 Å². The summed E-state index contributed by atoms with van der Waals surface area (Å²) >= 11 is 0. The number of amides is 3. The summed E-state index contributed by atoms with van der Waals surface area (Å²) in [5.41, 5.74) is 4.35.